The van der Waals surface area contributed by atoms with E-state index < -0.39 is 0 Å². The van der Waals surface area contributed by atoms with Crippen LogP contribution in [0.2, 0.25) is 5.15 Å². The molecule has 1 unspecified atom stereocenters. The van der Waals surface area contributed by atoms with Crippen LogP contribution in [0.25, 0.3) is 0 Å². The van der Waals surface area contributed by atoms with Gasteiger partial charge in [-0.3, -0.25) is 4.79 Å². The lowest BCUT2D eigenvalue weighted by atomic mass is 9.97. The first-order valence-electron chi connectivity index (χ1n) is 5.86. The van der Waals surface area contributed by atoms with Crippen LogP contribution in [0.3, 0.4) is 0 Å². The average Bonchev–Trinajstić information content (AvgIpc) is 2.37. The molecule has 1 aliphatic rings. The summed E-state index contributed by atoms with van der Waals surface area (Å²) in [5.41, 5.74) is 5.57. The number of aromatic nitrogens is 2. The minimum atomic E-state index is -0.0151. The van der Waals surface area contributed by atoms with Crippen molar-refractivity contribution in [1.29, 1.82) is 0 Å². The van der Waals surface area contributed by atoms with Crippen molar-refractivity contribution in [2.45, 2.75) is 12.8 Å². The first kappa shape index (κ1) is 12.9. The van der Waals surface area contributed by atoms with Gasteiger partial charge in [-0.1, -0.05) is 11.6 Å². The summed E-state index contributed by atoms with van der Waals surface area (Å²) in [4.78, 5) is 21.7. The first-order valence-corrected chi connectivity index (χ1v) is 6.24. The zero-order valence-electron chi connectivity index (χ0n) is 10.2. The van der Waals surface area contributed by atoms with Gasteiger partial charge in [0, 0.05) is 26.2 Å². The van der Waals surface area contributed by atoms with E-state index in [4.69, 9.17) is 17.3 Å². The minimum absolute atomic E-state index is 0.0151. The van der Waals surface area contributed by atoms with E-state index in [9.17, 15) is 4.79 Å². The largest absolute Gasteiger partial charge is 0.368 e. The Morgan fingerprint density at radius 3 is 3.06 bits per heavy atom. The summed E-state index contributed by atoms with van der Waals surface area (Å²) in [7, 11) is 1.65. The highest BCUT2D eigenvalue weighted by molar-refractivity contribution is 6.29. The lowest BCUT2D eigenvalue weighted by Crippen LogP contribution is -2.42. The Balaban J connectivity index is 2.15. The van der Waals surface area contributed by atoms with Gasteiger partial charge in [0.25, 0.3) is 0 Å². The lowest BCUT2D eigenvalue weighted by Gasteiger charge is -2.32. The molecule has 98 valence electrons. The van der Waals surface area contributed by atoms with E-state index in [-0.39, 0.29) is 17.8 Å². The summed E-state index contributed by atoms with van der Waals surface area (Å²) in [6.07, 6.45) is 1.84. The number of anilines is 2. The zero-order chi connectivity index (χ0) is 13.1. The highest BCUT2D eigenvalue weighted by atomic mass is 35.5. The van der Waals surface area contributed by atoms with Crippen LogP contribution in [0.5, 0.6) is 0 Å². The number of nitrogens with one attached hydrogen (secondary N) is 1. The number of nitrogens with two attached hydrogens (primary N) is 1. The van der Waals surface area contributed by atoms with Crippen LogP contribution < -0.4 is 16.0 Å². The normalized spacial score (nSPS) is 19.7. The maximum atomic E-state index is 11.7. The maximum absolute atomic E-state index is 11.7. The second kappa shape index (κ2) is 5.39. The number of carbonyl (C=O) groups is 1. The Labute approximate surface area is 111 Å². The molecule has 1 aromatic heterocycles. The fraction of sp³-hybridized carbons (Fsp3) is 0.545. The molecule has 0 aromatic carbocycles. The molecular formula is C11H16ClN5O. The first-order chi connectivity index (χ1) is 8.60. The molecule has 1 amide bonds. The Bertz CT molecular complexity index is 433. The van der Waals surface area contributed by atoms with Crippen molar-refractivity contribution in [1.82, 2.24) is 15.3 Å². The summed E-state index contributed by atoms with van der Waals surface area (Å²) in [5.74, 6) is 0.882. The third kappa shape index (κ3) is 2.81. The molecule has 1 aromatic rings. The fourth-order valence-electron chi connectivity index (χ4n) is 2.19. The minimum Gasteiger partial charge on any atom is -0.368 e. The van der Waals surface area contributed by atoms with Gasteiger partial charge in [-0.2, -0.15) is 4.98 Å². The van der Waals surface area contributed by atoms with E-state index in [1.807, 2.05) is 4.90 Å². The number of nitrogens with zero attached hydrogens (tertiary/aromatic N) is 3. The molecule has 0 saturated carbocycles. The van der Waals surface area contributed by atoms with Crippen LogP contribution in [0.15, 0.2) is 6.07 Å². The van der Waals surface area contributed by atoms with Crippen molar-refractivity contribution >= 4 is 29.3 Å². The third-order valence-corrected chi connectivity index (χ3v) is 3.25. The van der Waals surface area contributed by atoms with E-state index in [0.717, 1.165) is 19.4 Å². The fourth-order valence-corrected chi connectivity index (χ4v) is 2.37. The standard InChI is InChI=1S/C11H16ClN5O/c1-14-10(18)7-3-2-4-17(6-7)9-5-8(12)15-11(13)16-9/h5,7H,2-4,6H2,1H3,(H,14,18)(H2,13,15,16). The molecule has 1 saturated heterocycles. The van der Waals surface area contributed by atoms with Crippen molar-refractivity contribution in [3.63, 3.8) is 0 Å². The summed E-state index contributed by atoms with van der Waals surface area (Å²) >= 11 is 5.86. The van der Waals surface area contributed by atoms with E-state index in [2.05, 4.69) is 15.3 Å². The van der Waals surface area contributed by atoms with Gasteiger partial charge >= 0.3 is 0 Å². The number of amides is 1. The summed E-state index contributed by atoms with van der Waals surface area (Å²) in [6.45, 7) is 1.48. The molecule has 7 heteroatoms. The van der Waals surface area contributed by atoms with E-state index in [1.54, 1.807) is 13.1 Å². The molecular weight excluding hydrogens is 254 g/mol. The highest BCUT2D eigenvalue weighted by Crippen LogP contribution is 2.23. The molecule has 2 rings (SSSR count). The number of hydrogen-bond acceptors (Lipinski definition) is 5. The molecule has 6 nitrogen and oxygen atoms in total. The number of nitrogen functional groups attached to an aromatic ring is 1. The molecule has 0 aliphatic carbocycles. The Kier molecular flexibility index (Phi) is 3.86. The predicted molar refractivity (Wildman–Crippen MR) is 70.5 cm³/mol. The SMILES string of the molecule is CNC(=O)C1CCCN(c2cc(Cl)nc(N)n2)C1. The van der Waals surface area contributed by atoms with Crippen molar-refractivity contribution < 1.29 is 4.79 Å². The van der Waals surface area contributed by atoms with Gasteiger partial charge in [0.2, 0.25) is 11.9 Å². The smallest absolute Gasteiger partial charge is 0.224 e. The van der Waals surface area contributed by atoms with Gasteiger partial charge in [0.05, 0.1) is 5.92 Å². The Hall–Kier alpha value is -1.56. The Morgan fingerprint density at radius 1 is 1.61 bits per heavy atom. The summed E-state index contributed by atoms with van der Waals surface area (Å²) in [6, 6.07) is 1.67. The van der Waals surface area contributed by atoms with Gasteiger partial charge in [-0.25, -0.2) is 4.98 Å². The van der Waals surface area contributed by atoms with Gasteiger partial charge in [-0.05, 0) is 12.8 Å². The molecule has 1 atom stereocenters. The van der Waals surface area contributed by atoms with Gasteiger partial charge < -0.3 is 16.0 Å². The van der Waals surface area contributed by atoms with Crippen LogP contribution in [0.1, 0.15) is 12.8 Å². The molecule has 0 bridgehead atoms. The van der Waals surface area contributed by atoms with E-state index in [0.29, 0.717) is 17.5 Å². The van der Waals surface area contributed by atoms with Crippen molar-refractivity contribution in [3.05, 3.63) is 11.2 Å². The molecule has 0 radical (unpaired) electrons. The summed E-state index contributed by atoms with van der Waals surface area (Å²) in [5, 5.41) is 3.00. The maximum Gasteiger partial charge on any atom is 0.224 e. The number of carbonyl (C=O) groups excluding carboxylic acids is 1. The molecule has 1 fully saturated rings. The molecule has 18 heavy (non-hydrogen) atoms. The van der Waals surface area contributed by atoms with Crippen LogP contribution in [0.4, 0.5) is 11.8 Å². The highest BCUT2D eigenvalue weighted by Gasteiger charge is 2.26. The van der Waals surface area contributed by atoms with E-state index in [1.165, 1.54) is 0 Å². The van der Waals surface area contributed by atoms with Crippen LogP contribution in [0, 0.1) is 5.92 Å². The van der Waals surface area contributed by atoms with Crippen LogP contribution >= 0.6 is 11.6 Å². The average molecular weight is 270 g/mol. The third-order valence-electron chi connectivity index (χ3n) is 3.06. The number of hydrogen-bond donors (Lipinski definition) is 2. The molecule has 2 heterocycles. The van der Waals surface area contributed by atoms with Gasteiger partial charge in [-0.15, -0.1) is 0 Å². The molecule has 0 spiro atoms. The van der Waals surface area contributed by atoms with Crippen molar-refractivity contribution in [3.8, 4) is 0 Å². The quantitative estimate of drug-likeness (QED) is 0.771. The lowest BCUT2D eigenvalue weighted by molar-refractivity contribution is -0.124. The summed E-state index contributed by atoms with van der Waals surface area (Å²) < 4.78 is 0. The van der Waals surface area contributed by atoms with Crippen LogP contribution in [-0.2, 0) is 4.79 Å². The second-order valence-electron chi connectivity index (χ2n) is 4.31. The second-order valence-corrected chi connectivity index (χ2v) is 4.69. The monoisotopic (exact) mass is 269 g/mol. The predicted octanol–water partition coefficient (Wildman–Crippen LogP) is 0.675. The number of rotatable bonds is 2. The van der Waals surface area contributed by atoms with Gasteiger partial charge in [0.15, 0.2) is 0 Å². The van der Waals surface area contributed by atoms with Crippen molar-refractivity contribution in [2.24, 2.45) is 5.92 Å². The molecule has 1 aliphatic heterocycles. The topological polar surface area (TPSA) is 84.1 Å². The van der Waals surface area contributed by atoms with Crippen molar-refractivity contribution in [2.75, 3.05) is 30.8 Å². The van der Waals surface area contributed by atoms with Crippen LogP contribution in [-0.4, -0.2) is 36.0 Å². The number of piperidine rings is 1. The molecule has 3 N–H and O–H groups in total. The Morgan fingerprint density at radius 2 is 2.39 bits per heavy atom. The van der Waals surface area contributed by atoms with Gasteiger partial charge in [0.1, 0.15) is 11.0 Å². The van der Waals surface area contributed by atoms with E-state index >= 15 is 0 Å². The number of halogens is 1. The zero-order valence-corrected chi connectivity index (χ0v) is 10.9.